The molecule has 168 valence electrons. The number of rotatable bonds is 9. The summed E-state index contributed by atoms with van der Waals surface area (Å²) in [4.78, 5) is 47.3. The van der Waals surface area contributed by atoms with Crippen LogP contribution in [0.4, 0.5) is 0 Å². The van der Waals surface area contributed by atoms with Crippen molar-refractivity contribution < 1.29 is 24.1 Å². The minimum absolute atomic E-state index is 0.0183. The molecular formula is C21H39N3O5. The van der Waals surface area contributed by atoms with Crippen molar-refractivity contribution in [1.29, 1.82) is 0 Å². The van der Waals surface area contributed by atoms with Gasteiger partial charge in [0.2, 0.25) is 11.8 Å². The zero-order chi connectivity index (χ0) is 22.3. The van der Waals surface area contributed by atoms with Gasteiger partial charge in [-0.3, -0.25) is 24.1 Å². The van der Waals surface area contributed by atoms with Gasteiger partial charge in [-0.05, 0) is 40.5 Å². The van der Waals surface area contributed by atoms with Gasteiger partial charge in [0.05, 0.1) is 24.0 Å². The summed E-state index contributed by atoms with van der Waals surface area (Å²) in [5.41, 5.74) is 2.46. The molecule has 0 aliphatic heterocycles. The van der Waals surface area contributed by atoms with Gasteiger partial charge in [0.25, 0.3) is 5.91 Å². The predicted molar refractivity (Wildman–Crippen MR) is 110 cm³/mol. The molecule has 29 heavy (non-hydrogen) atoms. The van der Waals surface area contributed by atoms with E-state index in [-0.39, 0.29) is 31.1 Å². The third-order valence-electron chi connectivity index (χ3n) is 5.05. The van der Waals surface area contributed by atoms with E-state index in [0.29, 0.717) is 0 Å². The van der Waals surface area contributed by atoms with Crippen LogP contribution in [0.2, 0.25) is 0 Å². The van der Waals surface area contributed by atoms with E-state index in [4.69, 9.17) is 9.68 Å². The van der Waals surface area contributed by atoms with Crippen LogP contribution in [-0.2, 0) is 24.1 Å². The highest BCUT2D eigenvalue weighted by Gasteiger charge is 2.33. The Morgan fingerprint density at radius 3 is 1.66 bits per heavy atom. The number of hydrogen-bond donors (Lipinski definition) is 3. The van der Waals surface area contributed by atoms with Crippen molar-refractivity contribution in [3.05, 3.63) is 0 Å². The molecule has 0 aromatic rings. The molecule has 3 amide bonds. The quantitative estimate of drug-likeness (QED) is 0.504. The van der Waals surface area contributed by atoms with Crippen molar-refractivity contribution in [2.24, 2.45) is 16.2 Å². The van der Waals surface area contributed by atoms with E-state index in [9.17, 15) is 14.4 Å². The normalized spacial score (nSPS) is 16.2. The number of hydrogen-bond acceptors (Lipinski definition) is 5. The zero-order valence-electron chi connectivity index (χ0n) is 19.1. The Labute approximate surface area is 174 Å². The Bertz CT molecular complexity index is 575. The second-order valence-corrected chi connectivity index (χ2v) is 10.3. The molecule has 8 nitrogen and oxygen atoms in total. The molecule has 0 saturated heterocycles. The summed E-state index contributed by atoms with van der Waals surface area (Å²) in [7, 11) is 0. The van der Waals surface area contributed by atoms with E-state index >= 15 is 0 Å². The Morgan fingerprint density at radius 1 is 0.724 bits per heavy atom. The number of carbonyl (C=O) groups is 3. The molecular weight excluding hydrogens is 374 g/mol. The highest BCUT2D eigenvalue weighted by Crippen LogP contribution is 2.21. The first-order valence-corrected chi connectivity index (χ1v) is 10.4. The summed E-state index contributed by atoms with van der Waals surface area (Å²) in [5.74, 6) is -0.743. The van der Waals surface area contributed by atoms with Crippen LogP contribution in [0.15, 0.2) is 0 Å². The lowest BCUT2D eigenvalue weighted by Gasteiger charge is -2.29. The summed E-state index contributed by atoms with van der Waals surface area (Å²) in [6, 6.07) is 0.226. The van der Waals surface area contributed by atoms with Crippen LogP contribution in [-0.4, -0.2) is 37.0 Å². The minimum Gasteiger partial charge on any atom is -0.353 e. The highest BCUT2D eigenvalue weighted by atomic mass is 16.7. The van der Waals surface area contributed by atoms with E-state index in [1.807, 2.05) is 0 Å². The Kier molecular flexibility index (Phi) is 9.09. The van der Waals surface area contributed by atoms with E-state index in [2.05, 4.69) is 16.3 Å². The molecule has 0 heterocycles. The predicted octanol–water partition coefficient (Wildman–Crippen LogP) is 2.63. The molecule has 8 heteroatoms. The average molecular weight is 414 g/mol. The lowest BCUT2D eigenvalue weighted by atomic mass is 9.90. The fraction of sp³-hybridized carbons (Fsp3) is 0.857. The summed E-state index contributed by atoms with van der Waals surface area (Å²) < 4.78 is 0. The van der Waals surface area contributed by atoms with E-state index in [0.717, 1.165) is 25.7 Å². The van der Waals surface area contributed by atoms with Crippen molar-refractivity contribution in [2.45, 2.75) is 86.6 Å². The third kappa shape index (κ3) is 8.70. The van der Waals surface area contributed by atoms with Crippen LogP contribution in [0.1, 0.15) is 80.6 Å². The molecule has 1 saturated carbocycles. The van der Waals surface area contributed by atoms with Gasteiger partial charge in [0.15, 0.2) is 0 Å². The lowest BCUT2D eigenvalue weighted by molar-refractivity contribution is -0.157. The van der Waals surface area contributed by atoms with Crippen molar-refractivity contribution in [3.8, 4) is 0 Å². The maximum absolute atomic E-state index is 12.5. The fourth-order valence-corrected chi connectivity index (χ4v) is 2.61. The second kappa shape index (κ2) is 10.4. The number of carbonyl (C=O) groups excluding carboxylic acids is 3. The third-order valence-corrected chi connectivity index (χ3v) is 5.05. The first kappa shape index (κ1) is 25.4. The summed E-state index contributed by atoms with van der Waals surface area (Å²) in [6.07, 6.45) is 5.54. The number of hydroxylamine groups is 2. The molecule has 0 atom stereocenters. The fourth-order valence-electron chi connectivity index (χ4n) is 2.61. The molecule has 1 rings (SSSR count). The molecule has 0 aromatic carbocycles. The largest absolute Gasteiger partial charge is 0.353 e. The van der Waals surface area contributed by atoms with E-state index in [1.165, 1.54) is 6.42 Å². The molecule has 1 fully saturated rings. The first-order chi connectivity index (χ1) is 13.3. The smallest absolute Gasteiger partial charge is 0.251 e. The monoisotopic (exact) mass is 413 g/mol. The van der Waals surface area contributed by atoms with Gasteiger partial charge in [-0.1, -0.05) is 40.0 Å². The van der Waals surface area contributed by atoms with Crippen LogP contribution >= 0.6 is 0 Å². The Hall–Kier alpha value is -1.67. The number of amides is 3. The van der Waals surface area contributed by atoms with Crippen molar-refractivity contribution in [3.63, 3.8) is 0 Å². The van der Waals surface area contributed by atoms with Gasteiger partial charge in [0, 0.05) is 11.5 Å². The van der Waals surface area contributed by atoms with Gasteiger partial charge < -0.3 is 5.32 Å². The zero-order valence-corrected chi connectivity index (χ0v) is 19.1. The van der Waals surface area contributed by atoms with Gasteiger partial charge in [-0.25, -0.2) is 11.0 Å². The molecule has 3 N–H and O–H groups in total. The topological polar surface area (TPSA) is 106 Å². The molecule has 0 aromatic heterocycles. The standard InChI is InChI=1S/C21H39N3O5/c1-19(2,3)16(25)23-28-14-21(6,7)18(27)24-29-13-20(4,5)17(26)22-15-11-9-8-10-12-15/h15H,8-14H2,1-7H3,(H,22,26)(H,23,25)(H,24,27). The van der Waals surface area contributed by atoms with Crippen LogP contribution < -0.4 is 16.3 Å². The molecule has 1 aliphatic carbocycles. The van der Waals surface area contributed by atoms with Gasteiger partial charge in [0.1, 0.15) is 0 Å². The van der Waals surface area contributed by atoms with Crippen molar-refractivity contribution >= 4 is 17.7 Å². The summed E-state index contributed by atoms with van der Waals surface area (Å²) >= 11 is 0. The van der Waals surface area contributed by atoms with Gasteiger partial charge >= 0.3 is 0 Å². The maximum atomic E-state index is 12.5. The molecule has 1 aliphatic rings. The van der Waals surface area contributed by atoms with E-state index < -0.39 is 22.2 Å². The number of nitrogens with one attached hydrogen (secondary N) is 3. The van der Waals surface area contributed by atoms with Crippen LogP contribution in [0.5, 0.6) is 0 Å². The summed E-state index contributed by atoms with van der Waals surface area (Å²) in [5, 5.41) is 3.09. The van der Waals surface area contributed by atoms with Gasteiger partial charge in [-0.2, -0.15) is 0 Å². The molecule has 0 spiro atoms. The molecule has 0 radical (unpaired) electrons. The van der Waals surface area contributed by atoms with E-state index in [1.54, 1.807) is 48.5 Å². The lowest BCUT2D eigenvalue weighted by Crippen LogP contribution is -2.48. The van der Waals surface area contributed by atoms with Gasteiger partial charge in [-0.15, -0.1) is 0 Å². The molecule has 0 bridgehead atoms. The average Bonchev–Trinajstić information content (AvgIpc) is 2.61. The van der Waals surface area contributed by atoms with Crippen LogP contribution in [0.25, 0.3) is 0 Å². The Morgan fingerprint density at radius 2 is 1.17 bits per heavy atom. The Balaban J connectivity index is 2.39. The van der Waals surface area contributed by atoms with Crippen molar-refractivity contribution in [2.75, 3.05) is 13.2 Å². The maximum Gasteiger partial charge on any atom is 0.251 e. The SMILES string of the molecule is CC(C)(C)C(=O)NOCC(C)(C)C(=O)NOCC(C)(C)C(=O)NC1CCCCC1. The highest BCUT2D eigenvalue weighted by molar-refractivity contribution is 5.83. The van der Waals surface area contributed by atoms with Crippen LogP contribution in [0.3, 0.4) is 0 Å². The molecule has 0 unspecified atom stereocenters. The van der Waals surface area contributed by atoms with Crippen LogP contribution in [0, 0.1) is 16.2 Å². The van der Waals surface area contributed by atoms with Crippen molar-refractivity contribution in [1.82, 2.24) is 16.3 Å². The summed E-state index contributed by atoms with van der Waals surface area (Å²) in [6.45, 7) is 12.3. The minimum atomic E-state index is -0.931. The second-order valence-electron chi connectivity index (χ2n) is 10.3. The first-order valence-electron chi connectivity index (χ1n) is 10.4.